The van der Waals surface area contributed by atoms with E-state index in [1.165, 1.54) is 23.1 Å². The Hall–Kier alpha value is -1.06. The van der Waals surface area contributed by atoms with Gasteiger partial charge in [-0.3, -0.25) is 0 Å². The van der Waals surface area contributed by atoms with Crippen molar-refractivity contribution in [2.24, 2.45) is 0 Å². The monoisotopic (exact) mass is 264 g/mol. The first-order valence-corrected chi connectivity index (χ1v) is 7.05. The highest BCUT2D eigenvalue weighted by molar-refractivity contribution is 5.43. The second-order valence-corrected chi connectivity index (χ2v) is 5.27. The number of hydrogen-bond donors (Lipinski definition) is 1. The minimum atomic E-state index is 1.03. The van der Waals surface area contributed by atoms with Gasteiger partial charge in [-0.15, -0.1) is 0 Å². The third kappa shape index (κ3) is 5.21. The molecule has 0 spiro atoms. The minimum absolute atomic E-state index is 1.03. The topological polar surface area (TPSA) is 24.5 Å². The Morgan fingerprint density at radius 1 is 1.21 bits per heavy atom. The molecule has 108 valence electrons. The van der Waals surface area contributed by atoms with Crippen molar-refractivity contribution in [1.29, 1.82) is 0 Å². The molecule has 0 aromatic heterocycles. The lowest BCUT2D eigenvalue weighted by atomic mass is 10.0. The van der Waals surface area contributed by atoms with Gasteiger partial charge >= 0.3 is 0 Å². The Bertz CT molecular complexity index is 391. The molecule has 1 aromatic carbocycles. The third-order valence-corrected chi connectivity index (χ3v) is 3.51. The van der Waals surface area contributed by atoms with Gasteiger partial charge in [0, 0.05) is 6.54 Å². The summed E-state index contributed by atoms with van der Waals surface area (Å²) in [5.74, 6) is 1.03. The molecular formula is C16H28N2O. The molecule has 1 aromatic rings. The first kappa shape index (κ1) is 16.0. The second-order valence-electron chi connectivity index (χ2n) is 5.27. The molecule has 0 radical (unpaired) electrons. The highest BCUT2D eigenvalue weighted by Gasteiger charge is 2.08. The number of ether oxygens (including phenoxy) is 1. The van der Waals surface area contributed by atoms with Crippen molar-refractivity contribution in [3.8, 4) is 5.75 Å². The summed E-state index contributed by atoms with van der Waals surface area (Å²) in [6, 6.07) is 4.36. The molecule has 0 aliphatic rings. The number of benzene rings is 1. The van der Waals surface area contributed by atoms with Crippen molar-refractivity contribution in [2.75, 3.05) is 40.8 Å². The third-order valence-electron chi connectivity index (χ3n) is 3.51. The fourth-order valence-corrected chi connectivity index (χ4v) is 2.40. The zero-order valence-electron chi connectivity index (χ0n) is 13.0. The normalized spacial score (nSPS) is 11.1. The molecule has 1 rings (SSSR count). The van der Waals surface area contributed by atoms with E-state index in [0.29, 0.717) is 0 Å². The summed E-state index contributed by atoms with van der Waals surface area (Å²) in [5.41, 5.74) is 3.94. The Labute approximate surface area is 118 Å². The highest BCUT2D eigenvalue weighted by Crippen LogP contribution is 2.24. The van der Waals surface area contributed by atoms with Crippen LogP contribution in [0.15, 0.2) is 12.1 Å². The zero-order chi connectivity index (χ0) is 14.3. The maximum Gasteiger partial charge on any atom is 0.122 e. The first-order valence-electron chi connectivity index (χ1n) is 7.05. The molecule has 3 nitrogen and oxygen atoms in total. The predicted molar refractivity (Wildman–Crippen MR) is 82.2 cm³/mol. The summed E-state index contributed by atoms with van der Waals surface area (Å²) >= 11 is 0. The van der Waals surface area contributed by atoms with E-state index in [9.17, 15) is 0 Å². The van der Waals surface area contributed by atoms with Crippen LogP contribution in [0, 0.1) is 13.8 Å². The van der Waals surface area contributed by atoms with Crippen molar-refractivity contribution < 1.29 is 4.74 Å². The molecule has 0 heterocycles. The lowest BCUT2D eigenvalue weighted by Crippen LogP contribution is -2.25. The van der Waals surface area contributed by atoms with E-state index in [2.05, 4.69) is 43.2 Å². The average Bonchev–Trinajstić information content (AvgIpc) is 2.37. The van der Waals surface area contributed by atoms with Crippen LogP contribution in [0.3, 0.4) is 0 Å². The molecule has 0 saturated heterocycles. The molecule has 0 saturated carbocycles. The van der Waals surface area contributed by atoms with Crippen molar-refractivity contribution in [3.05, 3.63) is 28.8 Å². The standard InChI is InChI=1S/C16H28N2O/c1-13-11-14(2)15(16(12-13)19-5)7-10-18(4)9-6-8-17-3/h11-12,17H,6-10H2,1-5H3. The van der Waals surface area contributed by atoms with Crippen LogP contribution >= 0.6 is 0 Å². The van der Waals surface area contributed by atoms with Crippen LogP contribution in [0.2, 0.25) is 0 Å². The molecule has 0 bridgehead atoms. The maximum atomic E-state index is 5.51. The largest absolute Gasteiger partial charge is 0.496 e. The molecule has 0 unspecified atom stereocenters. The molecule has 1 N–H and O–H groups in total. The van der Waals surface area contributed by atoms with E-state index in [0.717, 1.165) is 31.8 Å². The summed E-state index contributed by atoms with van der Waals surface area (Å²) in [7, 11) is 5.94. The van der Waals surface area contributed by atoms with Crippen molar-refractivity contribution in [2.45, 2.75) is 26.7 Å². The SMILES string of the molecule is CNCCCN(C)CCc1c(C)cc(C)cc1OC. The van der Waals surface area contributed by atoms with E-state index in [1.54, 1.807) is 7.11 Å². The Kier molecular flexibility index (Phi) is 6.89. The van der Waals surface area contributed by atoms with E-state index in [4.69, 9.17) is 4.74 Å². The summed E-state index contributed by atoms with van der Waals surface area (Å²) in [6.45, 7) is 7.57. The minimum Gasteiger partial charge on any atom is -0.496 e. The number of aryl methyl sites for hydroxylation is 2. The molecule has 3 heteroatoms. The molecule has 0 aliphatic heterocycles. The quantitative estimate of drug-likeness (QED) is 0.730. The van der Waals surface area contributed by atoms with Crippen LogP contribution in [0.25, 0.3) is 0 Å². The van der Waals surface area contributed by atoms with Gasteiger partial charge in [0.05, 0.1) is 7.11 Å². The molecule has 0 fully saturated rings. The first-order chi connectivity index (χ1) is 9.08. The summed E-state index contributed by atoms with van der Waals surface area (Å²) in [4.78, 5) is 2.38. The Balaban J connectivity index is 2.57. The predicted octanol–water partition coefficient (Wildman–Crippen LogP) is 2.40. The van der Waals surface area contributed by atoms with Crippen LogP contribution in [0.1, 0.15) is 23.1 Å². The molecule has 0 amide bonds. The lowest BCUT2D eigenvalue weighted by molar-refractivity contribution is 0.329. The Morgan fingerprint density at radius 2 is 1.95 bits per heavy atom. The fraction of sp³-hybridized carbons (Fsp3) is 0.625. The number of rotatable bonds is 8. The van der Waals surface area contributed by atoms with Gasteiger partial charge in [-0.05, 0) is 76.6 Å². The smallest absolute Gasteiger partial charge is 0.122 e. The number of nitrogens with zero attached hydrogens (tertiary/aromatic N) is 1. The van der Waals surface area contributed by atoms with E-state index in [1.807, 2.05) is 7.05 Å². The number of methoxy groups -OCH3 is 1. The van der Waals surface area contributed by atoms with Gasteiger partial charge in [-0.1, -0.05) is 6.07 Å². The summed E-state index contributed by atoms with van der Waals surface area (Å²) < 4.78 is 5.51. The van der Waals surface area contributed by atoms with Crippen molar-refractivity contribution in [3.63, 3.8) is 0 Å². The van der Waals surface area contributed by atoms with Crippen molar-refractivity contribution in [1.82, 2.24) is 10.2 Å². The van der Waals surface area contributed by atoms with Crippen LogP contribution in [-0.2, 0) is 6.42 Å². The Morgan fingerprint density at radius 3 is 2.58 bits per heavy atom. The fourth-order valence-electron chi connectivity index (χ4n) is 2.40. The van der Waals surface area contributed by atoms with Crippen LogP contribution < -0.4 is 10.1 Å². The maximum absolute atomic E-state index is 5.51. The summed E-state index contributed by atoms with van der Waals surface area (Å²) in [5, 5.41) is 3.18. The van der Waals surface area contributed by atoms with Gasteiger partial charge in [0.15, 0.2) is 0 Å². The van der Waals surface area contributed by atoms with E-state index >= 15 is 0 Å². The second kappa shape index (κ2) is 8.18. The van der Waals surface area contributed by atoms with E-state index in [-0.39, 0.29) is 0 Å². The summed E-state index contributed by atoms with van der Waals surface area (Å²) in [6.07, 6.45) is 2.24. The lowest BCUT2D eigenvalue weighted by Gasteiger charge is -2.19. The van der Waals surface area contributed by atoms with Gasteiger partial charge in [-0.2, -0.15) is 0 Å². The molecular weight excluding hydrogens is 236 g/mol. The van der Waals surface area contributed by atoms with Gasteiger partial charge in [-0.25, -0.2) is 0 Å². The molecule has 0 atom stereocenters. The van der Waals surface area contributed by atoms with Gasteiger partial charge in [0.25, 0.3) is 0 Å². The number of nitrogens with one attached hydrogen (secondary N) is 1. The number of likely N-dealkylation sites (N-methyl/N-ethyl adjacent to an activating group) is 1. The van der Waals surface area contributed by atoms with Crippen molar-refractivity contribution >= 4 is 0 Å². The van der Waals surface area contributed by atoms with Crippen LogP contribution in [0.5, 0.6) is 5.75 Å². The van der Waals surface area contributed by atoms with E-state index < -0.39 is 0 Å². The highest BCUT2D eigenvalue weighted by atomic mass is 16.5. The van der Waals surface area contributed by atoms with Crippen LogP contribution in [-0.4, -0.2) is 45.7 Å². The van der Waals surface area contributed by atoms with Crippen LogP contribution in [0.4, 0.5) is 0 Å². The van der Waals surface area contributed by atoms with Gasteiger partial charge < -0.3 is 15.0 Å². The van der Waals surface area contributed by atoms with Gasteiger partial charge in [0.1, 0.15) is 5.75 Å². The average molecular weight is 264 g/mol. The number of hydrogen-bond acceptors (Lipinski definition) is 3. The van der Waals surface area contributed by atoms with Gasteiger partial charge in [0.2, 0.25) is 0 Å². The molecule has 19 heavy (non-hydrogen) atoms. The molecule has 0 aliphatic carbocycles. The zero-order valence-corrected chi connectivity index (χ0v) is 13.0.